The fourth-order valence-electron chi connectivity index (χ4n) is 1.78. The molecule has 0 fully saturated rings. The second kappa shape index (κ2) is 7.17. The van der Waals surface area contributed by atoms with Gasteiger partial charge in [0.15, 0.2) is 6.61 Å². The van der Waals surface area contributed by atoms with Crippen LogP contribution >= 0.6 is 0 Å². The average Bonchev–Trinajstić information content (AvgIpc) is 2.48. The lowest BCUT2D eigenvalue weighted by atomic mass is 10.2. The van der Waals surface area contributed by atoms with Gasteiger partial charge in [0, 0.05) is 13.1 Å². The Morgan fingerprint density at radius 2 is 1.50 bits per heavy atom. The van der Waals surface area contributed by atoms with Gasteiger partial charge < -0.3 is 15.2 Å². The SMILES string of the molecule is N#CCOc1ccc(CNCc2ccc(O)cc2)cc1. The van der Waals surface area contributed by atoms with Crippen LogP contribution in [0.25, 0.3) is 0 Å². The topological polar surface area (TPSA) is 65.3 Å². The molecular formula is C16H16N2O2. The van der Waals surface area contributed by atoms with Gasteiger partial charge >= 0.3 is 0 Å². The van der Waals surface area contributed by atoms with Crippen molar-refractivity contribution < 1.29 is 9.84 Å². The fourth-order valence-corrected chi connectivity index (χ4v) is 1.78. The minimum Gasteiger partial charge on any atom is -0.508 e. The molecule has 0 saturated carbocycles. The lowest BCUT2D eigenvalue weighted by Gasteiger charge is -2.07. The fraction of sp³-hybridized carbons (Fsp3) is 0.188. The van der Waals surface area contributed by atoms with Crippen LogP contribution in [0.1, 0.15) is 11.1 Å². The largest absolute Gasteiger partial charge is 0.508 e. The highest BCUT2D eigenvalue weighted by atomic mass is 16.5. The number of hydrogen-bond acceptors (Lipinski definition) is 4. The van der Waals surface area contributed by atoms with Crippen LogP contribution in [0.4, 0.5) is 0 Å². The lowest BCUT2D eigenvalue weighted by molar-refractivity contribution is 0.368. The van der Waals surface area contributed by atoms with Crippen molar-refractivity contribution in [3.63, 3.8) is 0 Å². The molecule has 0 spiro atoms. The van der Waals surface area contributed by atoms with E-state index < -0.39 is 0 Å². The maximum atomic E-state index is 9.20. The van der Waals surface area contributed by atoms with E-state index in [0.29, 0.717) is 5.75 Å². The van der Waals surface area contributed by atoms with Crippen molar-refractivity contribution >= 4 is 0 Å². The van der Waals surface area contributed by atoms with Gasteiger partial charge in [-0.2, -0.15) is 5.26 Å². The minimum atomic E-state index is 0.0679. The summed E-state index contributed by atoms with van der Waals surface area (Å²) in [5.74, 6) is 0.982. The zero-order chi connectivity index (χ0) is 14.2. The van der Waals surface area contributed by atoms with Crippen LogP contribution < -0.4 is 10.1 Å². The first-order valence-corrected chi connectivity index (χ1v) is 6.35. The van der Waals surface area contributed by atoms with Crippen LogP contribution in [0, 0.1) is 11.3 Å². The molecule has 4 heteroatoms. The van der Waals surface area contributed by atoms with E-state index in [1.807, 2.05) is 42.5 Å². The Hall–Kier alpha value is -2.51. The summed E-state index contributed by atoms with van der Waals surface area (Å²) >= 11 is 0. The van der Waals surface area contributed by atoms with Crippen molar-refractivity contribution in [1.82, 2.24) is 5.32 Å². The summed E-state index contributed by atoms with van der Waals surface area (Å²) in [6, 6.07) is 16.7. The van der Waals surface area contributed by atoms with Crippen LogP contribution in [0.5, 0.6) is 11.5 Å². The molecule has 0 heterocycles. The monoisotopic (exact) mass is 268 g/mol. The predicted molar refractivity (Wildman–Crippen MR) is 76.2 cm³/mol. The molecule has 2 N–H and O–H groups in total. The van der Waals surface area contributed by atoms with Gasteiger partial charge in [0.2, 0.25) is 0 Å². The molecule has 0 bridgehead atoms. The van der Waals surface area contributed by atoms with E-state index in [9.17, 15) is 5.11 Å². The van der Waals surface area contributed by atoms with Gasteiger partial charge in [0.1, 0.15) is 17.6 Å². The predicted octanol–water partition coefficient (Wildman–Crippen LogP) is 2.58. The number of ether oxygens (including phenoxy) is 1. The van der Waals surface area contributed by atoms with Gasteiger partial charge in [-0.25, -0.2) is 0 Å². The van der Waals surface area contributed by atoms with Gasteiger partial charge in [-0.15, -0.1) is 0 Å². The van der Waals surface area contributed by atoms with E-state index in [1.165, 1.54) is 0 Å². The standard InChI is InChI=1S/C16H16N2O2/c17-9-10-20-16-7-3-14(4-8-16)12-18-11-13-1-5-15(19)6-2-13/h1-8,18-19H,10-12H2. The summed E-state index contributed by atoms with van der Waals surface area (Å²) in [6.45, 7) is 1.56. The first kappa shape index (κ1) is 13.9. The summed E-state index contributed by atoms with van der Waals surface area (Å²) in [4.78, 5) is 0. The molecule has 0 unspecified atom stereocenters. The normalized spacial score (nSPS) is 9.95. The molecule has 0 aromatic heterocycles. The van der Waals surface area contributed by atoms with Crippen LogP contribution in [0.15, 0.2) is 48.5 Å². The summed E-state index contributed by atoms with van der Waals surface area (Å²) in [6.07, 6.45) is 0. The van der Waals surface area contributed by atoms with Crippen molar-refractivity contribution in [3.8, 4) is 17.6 Å². The molecule has 0 saturated heterocycles. The molecule has 2 aromatic rings. The van der Waals surface area contributed by atoms with Crippen molar-refractivity contribution in [2.75, 3.05) is 6.61 Å². The Labute approximate surface area is 118 Å². The summed E-state index contributed by atoms with van der Waals surface area (Å²) in [5.41, 5.74) is 2.27. The van der Waals surface area contributed by atoms with Gasteiger partial charge in [-0.05, 0) is 35.4 Å². The Morgan fingerprint density at radius 3 is 2.05 bits per heavy atom. The number of phenolic OH excluding ortho intramolecular Hbond substituents is 1. The maximum absolute atomic E-state index is 9.20. The molecule has 2 rings (SSSR count). The molecule has 0 atom stereocenters. The minimum absolute atomic E-state index is 0.0679. The van der Waals surface area contributed by atoms with E-state index in [4.69, 9.17) is 10.00 Å². The average molecular weight is 268 g/mol. The first-order chi connectivity index (χ1) is 9.78. The molecule has 0 aliphatic carbocycles. The lowest BCUT2D eigenvalue weighted by Crippen LogP contribution is -2.12. The second-order valence-corrected chi connectivity index (χ2v) is 4.36. The number of nitrogens with zero attached hydrogens (tertiary/aromatic N) is 1. The molecule has 2 aromatic carbocycles. The van der Waals surface area contributed by atoms with Crippen molar-refractivity contribution in [2.45, 2.75) is 13.1 Å². The smallest absolute Gasteiger partial charge is 0.174 e. The van der Waals surface area contributed by atoms with Crippen molar-refractivity contribution in [3.05, 3.63) is 59.7 Å². The van der Waals surface area contributed by atoms with E-state index in [0.717, 1.165) is 24.2 Å². The molecule has 0 amide bonds. The highest BCUT2D eigenvalue weighted by Gasteiger charge is 1.97. The van der Waals surface area contributed by atoms with Crippen LogP contribution in [-0.2, 0) is 13.1 Å². The van der Waals surface area contributed by atoms with E-state index in [1.54, 1.807) is 12.1 Å². The van der Waals surface area contributed by atoms with Gasteiger partial charge in [0.25, 0.3) is 0 Å². The van der Waals surface area contributed by atoms with Gasteiger partial charge in [-0.3, -0.25) is 0 Å². The number of nitriles is 1. The number of aromatic hydroxyl groups is 1. The zero-order valence-electron chi connectivity index (χ0n) is 11.0. The summed E-state index contributed by atoms with van der Waals surface area (Å²) in [7, 11) is 0. The molecule has 102 valence electrons. The van der Waals surface area contributed by atoms with E-state index in [-0.39, 0.29) is 12.4 Å². The molecule has 0 radical (unpaired) electrons. The highest BCUT2D eigenvalue weighted by molar-refractivity contribution is 5.28. The van der Waals surface area contributed by atoms with E-state index in [2.05, 4.69) is 5.32 Å². The number of benzene rings is 2. The number of rotatable bonds is 6. The van der Waals surface area contributed by atoms with E-state index >= 15 is 0 Å². The van der Waals surface area contributed by atoms with Crippen LogP contribution in [-0.4, -0.2) is 11.7 Å². The molecule has 0 aliphatic heterocycles. The van der Waals surface area contributed by atoms with Gasteiger partial charge in [0.05, 0.1) is 0 Å². The zero-order valence-corrected chi connectivity index (χ0v) is 11.0. The van der Waals surface area contributed by atoms with Crippen LogP contribution in [0.2, 0.25) is 0 Å². The molecular weight excluding hydrogens is 252 g/mol. The van der Waals surface area contributed by atoms with Crippen molar-refractivity contribution in [1.29, 1.82) is 5.26 Å². The Kier molecular flexibility index (Phi) is 4.99. The molecule has 0 aliphatic rings. The summed E-state index contributed by atoms with van der Waals surface area (Å²) in [5, 5.41) is 20.9. The maximum Gasteiger partial charge on any atom is 0.174 e. The highest BCUT2D eigenvalue weighted by Crippen LogP contribution is 2.12. The quantitative estimate of drug-likeness (QED) is 0.845. The molecule has 4 nitrogen and oxygen atoms in total. The Morgan fingerprint density at radius 1 is 0.950 bits per heavy atom. The molecule has 20 heavy (non-hydrogen) atoms. The first-order valence-electron chi connectivity index (χ1n) is 6.35. The number of hydrogen-bond donors (Lipinski definition) is 2. The van der Waals surface area contributed by atoms with Crippen molar-refractivity contribution in [2.24, 2.45) is 0 Å². The Bertz CT molecular complexity index is 571. The number of phenols is 1. The third-order valence-electron chi connectivity index (χ3n) is 2.82. The third kappa shape index (κ3) is 4.30. The summed E-state index contributed by atoms with van der Waals surface area (Å²) < 4.78 is 5.19. The number of nitrogens with one attached hydrogen (secondary N) is 1. The van der Waals surface area contributed by atoms with Gasteiger partial charge in [-0.1, -0.05) is 24.3 Å². The second-order valence-electron chi connectivity index (χ2n) is 4.36. The third-order valence-corrected chi connectivity index (χ3v) is 2.82. The Balaban J connectivity index is 1.79. The van der Waals surface area contributed by atoms with Crippen LogP contribution in [0.3, 0.4) is 0 Å².